The first kappa shape index (κ1) is 22.5. The maximum atomic E-state index is 13.7. The lowest BCUT2D eigenvalue weighted by molar-refractivity contribution is -0.113. The number of anilines is 1. The van der Waals surface area contributed by atoms with Crippen LogP contribution in [0.3, 0.4) is 0 Å². The fourth-order valence-electron chi connectivity index (χ4n) is 4.02. The molecule has 168 valence electrons. The van der Waals surface area contributed by atoms with Crippen molar-refractivity contribution in [3.63, 3.8) is 0 Å². The maximum absolute atomic E-state index is 13.7. The molecule has 0 aliphatic heterocycles. The molecule has 33 heavy (non-hydrogen) atoms. The van der Waals surface area contributed by atoms with Crippen LogP contribution in [0.4, 0.5) is 5.69 Å². The Kier molecular flexibility index (Phi) is 6.22. The first-order chi connectivity index (χ1) is 15.9. The van der Waals surface area contributed by atoms with Crippen LogP contribution in [0, 0.1) is 6.92 Å². The minimum absolute atomic E-state index is 0.0719. The molecule has 5 nitrogen and oxygen atoms in total. The van der Waals surface area contributed by atoms with Gasteiger partial charge in [-0.05, 0) is 67.6 Å². The molecule has 2 heterocycles. The Hall–Kier alpha value is -2.32. The summed E-state index contributed by atoms with van der Waals surface area (Å²) in [7, 11) is 0. The number of hydrogen-bond acceptors (Lipinski definition) is 5. The van der Waals surface area contributed by atoms with E-state index in [0.29, 0.717) is 20.9 Å². The monoisotopic (exact) mass is 515 g/mol. The number of thioether (sulfide) groups is 1. The summed E-state index contributed by atoms with van der Waals surface area (Å²) in [4.78, 5) is 33.1. The minimum Gasteiger partial charge on any atom is -0.325 e. The summed E-state index contributed by atoms with van der Waals surface area (Å²) in [6.07, 6.45) is 2.99. The van der Waals surface area contributed by atoms with E-state index in [4.69, 9.17) is 28.2 Å². The number of benzene rings is 2. The summed E-state index contributed by atoms with van der Waals surface area (Å²) in [5.74, 6) is -0.132. The van der Waals surface area contributed by atoms with Gasteiger partial charge in [-0.25, -0.2) is 4.98 Å². The molecule has 0 saturated carbocycles. The van der Waals surface area contributed by atoms with E-state index in [-0.39, 0.29) is 17.2 Å². The second kappa shape index (κ2) is 9.14. The van der Waals surface area contributed by atoms with Crippen molar-refractivity contribution in [3.05, 3.63) is 78.9 Å². The summed E-state index contributed by atoms with van der Waals surface area (Å²) in [5, 5.41) is 4.83. The van der Waals surface area contributed by atoms with Crippen molar-refractivity contribution < 1.29 is 4.79 Å². The Morgan fingerprint density at radius 2 is 2.03 bits per heavy atom. The average molecular weight is 516 g/mol. The van der Waals surface area contributed by atoms with Crippen LogP contribution in [0.15, 0.2) is 52.4 Å². The third kappa shape index (κ3) is 4.43. The molecule has 9 heteroatoms. The van der Waals surface area contributed by atoms with Crippen molar-refractivity contribution in [1.82, 2.24) is 9.55 Å². The third-order valence-corrected chi connectivity index (χ3v) is 8.37. The highest BCUT2D eigenvalue weighted by Crippen LogP contribution is 2.36. The number of thiophene rings is 1. The summed E-state index contributed by atoms with van der Waals surface area (Å²) in [6.45, 7) is 1.99. The molecule has 5 rings (SSSR count). The number of rotatable bonds is 5. The number of amides is 1. The van der Waals surface area contributed by atoms with Crippen LogP contribution in [0.5, 0.6) is 0 Å². The van der Waals surface area contributed by atoms with E-state index in [1.807, 2.05) is 31.2 Å². The molecule has 0 radical (unpaired) electrons. The largest absolute Gasteiger partial charge is 0.325 e. The Labute approximate surface area is 208 Å². The number of aromatic nitrogens is 2. The Morgan fingerprint density at radius 1 is 1.18 bits per heavy atom. The van der Waals surface area contributed by atoms with Gasteiger partial charge in [0.1, 0.15) is 4.83 Å². The smallest absolute Gasteiger partial charge is 0.267 e. The van der Waals surface area contributed by atoms with Crippen LogP contribution >= 0.6 is 46.3 Å². The molecule has 1 aliphatic rings. The molecule has 2 aromatic carbocycles. The summed E-state index contributed by atoms with van der Waals surface area (Å²) in [5.41, 5.74) is 3.42. The molecule has 0 saturated heterocycles. The number of halogens is 2. The molecule has 0 fully saturated rings. The van der Waals surface area contributed by atoms with Crippen molar-refractivity contribution >= 4 is 68.1 Å². The van der Waals surface area contributed by atoms with Crippen LogP contribution in [-0.2, 0) is 17.6 Å². The zero-order valence-electron chi connectivity index (χ0n) is 17.7. The zero-order valence-corrected chi connectivity index (χ0v) is 20.8. The van der Waals surface area contributed by atoms with Gasteiger partial charge in [-0.15, -0.1) is 11.3 Å². The fraction of sp³-hybridized carbons (Fsp3) is 0.208. The lowest BCUT2D eigenvalue weighted by Gasteiger charge is -2.13. The average Bonchev–Trinajstić information content (AvgIpc) is 3.36. The maximum Gasteiger partial charge on any atom is 0.267 e. The number of nitrogens with zero attached hydrogens (tertiary/aromatic N) is 2. The van der Waals surface area contributed by atoms with Gasteiger partial charge in [-0.1, -0.05) is 47.1 Å². The Balaban J connectivity index is 1.50. The van der Waals surface area contributed by atoms with Gasteiger partial charge in [0.25, 0.3) is 5.56 Å². The van der Waals surface area contributed by atoms with E-state index >= 15 is 0 Å². The predicted molar refractivity (Wildman–Crippen MR) is 138 cm³/mol. The van der Waals surface area contributed by atoms with Crippen LogP contribution in [0.25, 0.3) is 15.9 Å². The second-order valence-corrected chi connectivity index (χ2v) is 10.7. The number of nitrogens with one attached hydrogen (secondary N) is 1. The highest BCUT2D eigenvalue weighted by molar-refractivity contribution is 7.99. The van der Waals surface area contributed by atoms with Gasteiger partial charge in [0, 0.05) is 10.6 Å². The van der Waals surface area contributed by atoms with Crippen molar-refractivity contribution in [2.45, 2.75) is 31.3 Å². The molecule has 0 atom stereocenters. The van der Waals surface area contributed by atoms with Gasteiger partial charge in [-0.3, -0.25) is 14.2 Å². The van der Waals surface area contributed by atoms with Gasteiger partial charge in [0.05, 0.1) is 26.9 Å². The highest BCUT2D eigenvalue weighted by atomic mass is 35.5. The van der Waals surface area contributed by atoms with E-state index in [0.717, 1.165) is 46.3 Å². The molecule has 0 spiro atoms. The first-order valence-electron chi connectivity index (χ1n) is 10.4. The number of fused-ring (bicyclic) bond motifs is 3. The van der Waals surface area contributed by atoms with Gasteiger partial charge < -0.3 is 5.32 Å². The minimum atomic E-state index is -0.225. The number of hydrogen-bond donors (Lipinski definition) is 1. The van der Waals surface area contributed by atoms with E-state index in [1.54, 1.807) is 34.1 Å². The topological polar surface area (TPSA) is 64.0 Å². The van der Waals surface area contributed by atoms with Crippen molar-refractivity contribution in [2.75, 3.05) is 11.1 Å². The number of carbonyl (C=O) groups is 1. The Morgan fingerprint density at radius 3 is 2.82 bits per heavy atom. The molecular weight excluding hydrogens is 497 g/mol. The van der Waals surface area contributed by atoms with E-state index < -0.39 is 0 Å². The second-order valence-electron chi connectivity index (χ2n) is 7.88. The van der Waals surface area contributed by atoms with Crippen LogP contribution in [0.1, 0.15) is 22.4 Å². The molecule has 4 aromatic rings. The first-order valence-corrected chi connectivity index (χ1v) is 13.0. The van der Waals surface area contributed by atoms with Crippen LogP contribution in [-0.4, -0.2) is 21.2 Å². The van der Waals surface area contributed by atoms with Gasteiger partial charge in [0.15, 0.2) is 5.16 Å². The molecule has 2 aromatic heterocycles. The third-order valence-electron chi connectivity index (χ3n) is 5.50. The van der Waals surface area contributed by atoms with E-state index in [2.05, 4.69) is 5.32 Å². The van der Waals surface area contributed by atoms with Crippen LogP contribution in [0.2, 0.25) is 10.0 Å². The normalized spacial score (nSPS) is 12.8. The molecule has 0 bridgehead atoms. The molecule has 1 aliphatic carbocycles. The lowest BCUT2D eigenvalue weighted by Crippen LogP contribution is -2.23. The summed E-state index contributed by atoms with van der Waals surface area (Å²) < 4.78 is 1.64. The summed E-state index contributed by atoms with van der Waals surface area (Å²) in [6, 6.07) is 12.7. The van der Waals surface area contributed by atoms with Crippen molar-refractivity contribution in [2.24, 2.45) is 0 Å². The Bertz CT molecular complexity index is 1460. The number of carbonyl (C=O) groups excluding carboxylic acids is 1. The van der Waals surface area contributed by atoms with Crippen molar-refractivity contribution in [1.29, 1.82) is 0 Å². The summed E-state index contributed by atoms with van der Waals surface area (Å²) >= 11 is 14.8. The molecule has 0 unspecified atom stereocenters. The fourth-order valence-corrected chi connectivity index (χ4v) is 6.43. The van der Waals surface area contributed by atoms with Gasteiger partial charge in [0.2, 0.25) is 5.91 Å². The lowest BCUT2D eigenvalue weighted by atomic mass is 10.2. The molecular formula is C24H19Cl2N3O2S2. The predicted octanol–water partition coefficient (Wildman–Crippen LogP) is 6.28. The quantitative estimate of drug-likeness (QED) is 0.251. The van der Waals surface area contributed by atoms with Gasteiger partial charge >= 0.3 is 0 Å². The molecule has 1 amide bonds. The van der Waals surface area contributed by atoms with E-state index in [9.17, 15) is 9.59 Å². The van der Waals surface area contributed by atoms with Crippen molar-refractivity contribution in [3.8, 4) is 5.69 Å². The standard InChI is InChI=1S/C24H19Cl2N3O2S2/c1-13-4-2-5-15(10-13)29-23(31)21-16-6-3-7-19(16)33-22(21)28-24(29)32-12-20(30)27-14-8-9-17(25)18(26)11-14/h2,4-5,8-11H,3,6-7,12H2,1H3,(H,27,30). The highest BCUT2D eigenvalue weighted by Gasteiger charge is 2.24. The molecule has 1 N–H and O–H groups in total. The zero-order chi connectivity index (χ0) is 23.1. The number of aryl methyl sites for hydroxylation is 3. The van der Waals surface area contributed by atoms with Gasteiger partial charge in [-0.2, -0.15) is 0 Å². The van der Waals surface area contributed by atoms with E-state index in [1.165, 1.54) is 16.6 Å². The van der Waals surface area contributed by atoms with Crippen LogP contribution < -0.4 is 10.9 Å². The SMILES string of the molecule is Cc1cccc(-n2c(SCC(=O)Nc3ccc(Cl)c(Cl)c3)nc3sc4c(c3c2=O)CCC4)c1.